The van der Waals surface area contributed by atoms with E-state index in [2.05, 4.69) is 10.6 Å². The minimum atomic E-state index is -0.619. The van der Waals surface area contributed by atoms with Gasteiger partial charge in [-0.15, -0.1) is 0 Å². The summed E-state index contributed by atoms with van der Waals surface area (Å²) in [5.74, 6) is -1.28. The SMILES string of the molecule is O=C(NCc1ccc(F)cc1F)C1CC2CCC1N2. The number of carbonyl (C=O) groups excluding carboxylic acids is 1. The fourth-order valence-corrected chi connectivity index (χ4v) is 3.09. The first-order chi connectivity index (χ1) is 9.13. The van der Waals surface area contributed by atoms with Crippen molar-refractivity contribution in [3.8, 4) is 0 Å². The van der Waals surface area contributed by atoms with Crippen LogP contribution < -0.4 is 10.6 Å². The van der Waals surface area contributed by atoms with Crippen LogP contribution in [0, 0.1) is 17.6 Å². The third-order valence-corrected chi connectivity index (χ3v) is 4.11. The molecule has 2 heterocycles. The van der Waals surface area contributed by atoms with E-state index in [-0.39, 0.29) is 24.4 Å². The smallest absolute Gasteiger partial charge is 0.225 e. The Morgan fingerprint density at radius 1 is 1.37 bits per heavy atom. The van der Waals surface area contributed by atoms with Gasteiger partial charge in [0.25, 0.3) is 0 Å². The van der Waals surface area contributed by atoms with E-state index in [0.29, 0.717) is 11.6 Å². The number of hydrogen-bond acceptors (Lipinski definition) is 2. The Bertz CT molecular complexity index is 506. The van der Waals surface area contributed by atoms with Crippen molar-refractivity contribution in [3.63, 3.8) is 0 Å². The average molecular weight is 266 g/mol. The maximum absolute atomic E-state index is 13.4. The van der Waals surface area contributed by atoms with Crippen LogP contribution in [0.25, 0.3) is 0 Å². The van der Waals surface area contributed by atoms with Crippen molar-refractivity contribution in [2.45, 2.75) is 37.9 Å². The van der Waals surface area contributed by atoms with Crippen molar-refractivity contribution in [1.29, 1.82) is 0 Å². The lowest BCUT2D eigenvalue weighted by Gasteiger charge is -2.19. The highest BCUT2D eigenvalue weighted by atomic mass is 19.1. The van der Waals surface area contributed by atoms with Crippen LogP contribution in [0.3, 0.4) is 0 Å². The van der Waals surface area contributed by atoms with E-state index in [1.807, 2.05) is 0 Å². The van der Waals surface area contributed by atoms with E-state index >= 15 is 0 Å². The van der Waals surface area contributed by atoms with Gasteiger partial charge in [-0.25, -0.2) is 8.78 Å². The van der Waals surface area contributed by atoms with Crippen LogP contribution in [0.1, 0.15) is 24.8 Å². The van der Waals surface area contributed by atoms with E-state index < -0.39 is 11.6 Å². The van der Waals surface area contributed by atoms with Gasteiger partial charge < -0.3 is 10.6 Å². The monoisotopic (exact) mass is 266 g/mol. The molecular formula is C14H16F2N2O. The van der Waals surface area contributed by atoms with Crippen molar-refractivity contribution >= 4 is 5.91 Å². The molecule has 0 radical (unpaired) electrons. The fraction of sp³-hybridized carbons (Fsp3) is 0.500. The summed E-state index contributed by atoms with van der Waals surface area (Å²) >= 11 is 0. The highest BCUT2D eigenvalue weighted by Gasteiger charge is 2.42. The molecule has 2 aliphatic rings. The molecular weight excluding hydrogens is 250 g/mol. The normalized spacial score (nSPS) is 28.6. The molecule has 3 unspecified atom stereocenters. The van der Waals surface area contributed by atoms with Crippen molar-refractivity contribution in [3.05, 3.63) is 35.4 Å². The third-order valence-electron chi connectivity index (χ3n) is 4.11. The Balaban J connectivity index is 1.58. The van der Waals surface area contributed by atoms with Crippen LogP contribution >= 0.6 is 0 Å². The summed E-state index contributed by atoms with van der Waals surface area (Å²) in [5.41, 5.74) is 0.311. The Morgan fingerprint density at radius 2 is 2.21 bits per heavy atom. The lowest BCUT2D eigenvalue weighted by molar-refractivity contribution is -0.125. The van der Waals surface area contributed by atoms with E-state index in [0.717, 1.165) is 25.3 Å². The molecule has 0 aromatic heterocycles. The van der Waals surface area contributed by atoms with Crippen molar-refractivity contribution in [2.75, 3.05) is 0 Å². The first-order valence-corrected chi connectivity index (χ1v) is 6.61. The van der Waals surface area contributed by atoms with Crippen LogP contribution in [0.4, 0.5) is 8.78 Å². The summed E-state index contributed by atoms with van der Waals surface area (Å²) in [6, 6.07) is 4.13. The second-order valence-corrected chi connectivity index (χ2v) is 5.34. The van der Waals surface area contributed by atoms with Gasteiger partial charge in [-0.1, -0.05) is 6.07 Å². The standard InChI is InChI=1S/C14H16F2N2O/c15-9-2-1-8(12(16)5-9)7-17-14(19)11-6-10-3-4-13(11)18-10/h1-2,5,10-11,13,18H,3-4,6-7H2,(H,17,19). The first-order valence-electron chi connectivity index (χ1n) is 6.61. The Hall–Kier alpha value is -1.49. The summed E-state index contributed by atoms with van der Waals surface area (Å²) in [4.78, 5) is 12.0. The fourth-order valence-electron chi connectivity index (χ4n) is 3.09. The van der Waals surface area contributed by atoms with E-state index in [9.17, 15) is 13.6 Å². The lowest BCUT2D eigenvalue weighted by Crippen LogP contribution is -2.37. The van der Waals surface area contributed by atoms with Gasteiger partial charge in [0.05, 0.1) is 5.92 Å². The molecule has 2 bridgehead atoms. The van der Waals surface area contributed by atoms with Gasteiger partial charge in [0, 0.05) is 30.3 Å². The topological polar surface area (TPSA) is 41.1 Å². The predicted molar refractivity (Wildman–Crippen MR) is 66.3 cm³/mol. The Kier molecular flexibility index (Phi) is 3.22. The maximum atomic E-state index is 13.4. The van der Waals surface area contributed by atoms with Gasteiger partial charge in [0.15, 0.2) is 0 Å². The number of amides is 1. The van der Waals surface area contributed by atoms with Gasteiger partial charge in [-0.2, -0.15) is 0 Å². The minimum Gasteiger partial charge on any atom is -0.352 e. The van der Waals surface area contributed by atoms with Gasteiger partial charge in [-0.05, 0) is 25.3 Å². The lowest BCUT2D eigenvalue weighted by atomic mass is 9.88. The summed E-state index contributed by atoms with van der Waals surface area (Å²) in [6.07, 6.45) is 3.04. The summed E-state index contributed by atoms with van der Waals surface area (Å²) in [7, 11) is 0. The zero-order chi connectivity index (χ0) is 13.4. The Labute approximate surface area is 110 Å². The van der Waals surface area contributed by atoms with Crippen molar-refractivity contribution in [2.24, 2.45) is 5.92 Å². The quantitative estimate of drug-likeness (QED) is 0.874. The largest absolute Gasteiger partial charge is 0.352 e. The summed E-state index contributed by atoms with van der Waals surface area (Å²) in [5, 5.41) is 6.14. The molecule has 2 N–H and O–H groups in total. The predicted octanol–water partition coefficient (Wildman–Crippen LogP) is 1.72. The third kappa shape index (κ3) is 2.47. The van der Waals surface area contributed by atoms with Gasteiger partial charge >= 0.3 is 0 Å². The van der Waals surface area contributed by atoms with E-state index in [1.54, 1.807) is 0 Å². The second-order valence-electron chi connectivity index (χ2n) is 5.34. The second kappa shape index (κ2) is 4.89. The highest BCUT2D eigenvalue weighted by Crippen LogP contribution is 2.33. The van der Waals surface area contributed by atoms with E-state index in [4.69, 9.17) is 0 Å². The zero-order valence-electron chi connectivity index (χ0n) is 10.5. The Morgan fingerprint density at radius 3 is 2.84 bits per heavy atom. The van der Waals surface area contributed by atoms with Crippen molar-refractivity contribution < 1.29 is 13.6 Å². The van der Waals surface area contributed by atoms with E-state index in [1.165, 1.54) is 12.1 Å². The number of halogens is 2. The van der Waals surface area contributed by atoms with Crippen molar-refractivity contribution in [1.82, 2.24) is 10.6 Å². The molecule has 19 heavy (non-hydrogen) atoms. The van der Waals surface area contributed by atoms with Crippen LogP contribution in [-0.4, -0.2) is 18.0 Å². The molecule has 2 saturated heterocycles. The molecule has 0 spiro atoms. The molecule has 2 aliphatic heterocycles. The van der Waals surface area contributed by atoms with Crippen LogP contribution in [0.15, 0.2) is 18.2 Å². The van der Waals surface area contributed by atoms with Gasteiger partial charge in [-0.3, -0.25) is 4.79 Å². The molecule has 1 aromatic carbocycles. The highest BCUT2D eigenvalue weighted by molar-refractivity contribution is 5.80. The molecule has 3 nitrogen and oxygen atoms in total. The minimum absolute atomic E-state index is 0.0118. The molecule has 3 rings (SSSR count). The number of hydrogen-bond donors (Lipinski definition) is 2. The van der Waals surface area contributed by atoms with Gasteiger partial charge in [0.2, 0.25) is 5.91 Å². The molecule has 5 heteroatoms. The molecule has 3 atom stereocenters. The number of nitrogens with one attached hydrogen (secondary N) is 2. The summed E-state index contributed by atoms with van der Waals surface area (Å²) in [6.45, 7) is 0.110. The number of fused-ring (bicyclic) bond motifs is 2. The molecule has 102 valence electrons. The molecule has 0 saturated carbocycles. The van der Waals surface area contributed by atoms with Gasteiger partial charge in [0.1, 0.15) is 11.6 Å². The average Bonchev–Trinajstić information content (AvgIpc) is 2.99. The number of benzene rings is 1. The molecule has 0 aliphatic carbocycles. The molecule has 1 amide bonds. The van der Waals surface area contributed by atoms with Crippen LogP contribution in [0.2, 0.25) is 0 Å². The molecule has 2 fully saturated rings. The number of rotatable bonds is 3. The number of carbonyl (C=O) groups is 1. The van der Waals surface area contributed by atoms with Crippen LogP contribution in [0.5, 0.6) is 0 Å². The van der Waals surface area contributed by atoms with Crippen LogP contribution in [-0.2, 0) is 11.3 Å². The maximum Gasteiger partial charge on any atom is 0.225 e. The molecule has 1 aromatic rings. The summed E-state index contributed by atoms with van der Waals surface area (Å²) < 4.78 is 26.2. The zero-order valence-corrected chi connectivity index (χ0v) is 10.5. The first kappa shape index (κ1) is 12.5.